The van der Waals surface area contributed by atoms with Crippen molar-refractivity contribution in [3.05, 3.63) is 42.4 Å². The third kappa shape index (κ3) is 4.99. The molecule has 0 amide bonds. The zero-order valence-corrected chi connectivity index (χ0v) is 13.9. The second-order valence-electron chi connectivity index (χ2n) is 6.55. The van der Waals surface area contributed by atoms with Crippen molar-refractivity contribution in [1.29, 1.82) is 0 Å². The third-order valence-electron chi connectivity index (χ3n) is 3.47. The number of rotatable bonds is 7. The van der Waals surface area contributed by atoms with E-state index in [1.54, 1.807) is 18.5 Å². The Balaban J connectivity index is 2.14. The lowest BCUT2D eigenvalue weighted by molar-refractivity contribution is 0.203. The zero-order chi connectivity index (χ0) is 16.9. The topological polar surface area (TPSA) is 61.0 Å². The number of alkyl halides is 1. The summed E-state index contributed by atoms with van der Waals surface area (Å²) in [6.07, 6.45) is 4.20. The molecular formula is C18H24FN3O. The standard InChI is InChI=1S/C18H24FN3O/c1-13(2)10-18(3,20)12-23-17-5-4-15(22-16(17)11-19)14-6-8-21-9-7-14/h4-9,13H,10-12,20H2,1-3H3. The van der Waals surface area contributed by atoms with Gasteiger partial charge in [-0.3, -0.25) is 4.98 Å². The molecule has 1 atom stereocenters. The Bertz CT molecular complexity index is 629. The molecule has 0 aliphatic rings. The van der Waals surface area contributed by atoms with E-state index in [1.807, 2.05) is 25.1 Å². The molecule has 2 heterocycles. The SMILES string of the molecule is CC(C)CC(C)(N)COc1ccc(-c2ccncc2)nc1CF. The maximum Gasteiger partial charge on any atom is 0.143 e. The van der Waals surface area contributed by atoms with Gasteiger partial charge in [-0.05, 0) is 43.5 Å². The largest absolute Gasteiger partial charge is 0.490 e. The van der Waals surface area contributed by atoms with Crippen molar-refractivity contribution in [3.63, 3.8) is 0 Å². The smallest absolute Gasteiger partial charge is 0.143 e. The number of nitrogens with zero attached hydrogens (tertiary/aromatic N) is 2. The molecule has 1 unspecified atom stereocenters. The highest BCUT2D eigenvalue weighted by molar-refractivity contribution is 5.59. The molecule has 124 valence electrons. The van der Waals surface area contributed by atoms with Crippen molar-refractivity contribution in [1.82, 2.24) is 9.97 Å². The van der Waals surface area contributed by atoms with Crippen molar-refractivity contribution >= 4 is 0 Å². The average molecular weight is 317 g/mol. The summed E-state index contributed by atoms with van der Waals surface area (Å²) >= 11 is 0. The van der Waals surface area contributed by atoms with Crippen LogP contribution in [0.15, 0.2) is 36.7 Å². The maximum absolute atomic E-state index is 13.3. The first-order valence-electron chi connectivity index (χ1n) is 7.79. The molecule has 5 heteroatoms. The number of aromatic nitrogens is 2. The molecule has 0 bridgehead atoms. The summed E-state index contributed by atoms with van der Waals surface area (Å²) in [5.74, 6) is 0.923. The summed E-state index contributed by atoms with van der Waals surface area (Å²) < 4.78 is 19.1. The van der Waals surface area contributed by atoms with Crippen LogP contribution in [0.4, 0.5) is 4.39 Å². The Kier molecular flexibility index (Phi) is 5.66. The zero-order valence-electron chi connectivity index (χ0n) is 13.9. The normalized spacial score (nSPS) is 13.8. The van der Waals surface area contributed by atoms with E-state index in [-0.39, 0.29) is 0 Å². The summed E-state index contributed by atoms with van der Waals surface area (Å²) in [6, 6.07) is 7.25. The van der Waals surface area contributed by atoms with Gasteiger partial charge in [-0.15, -0.1) is 0 Å². The molecule has 4 nitrogen and oxygen atoms in total. The highest BCUT2D eigenvalue weighted by atomic mass is 19.1. The van der Waals surface area contributed by atoms with E-state index in [9.17, 15) is 4.39 Å². The van der Waals surface area contributed by atoms with Gasteiger partial charge in [0.05, 0.1) is 5.69 Å². The van der Waals surface area contributed by atoms with Gasteiger partial charge in [0.25, 0.3) is 0 Å². The first kappa shape index (κ1) is 17.3. The lowest BCUT2D eigenvalue weighted by Gasteiger charge is -2.27. The summed E-state index contributed by atoms with van der Waals surface area (Å²) in [6.45, 7) is 5.82. The van der Waals surface area contributed by atoms with Crippen LogP contribution in [0.25, 0.3) is 11.3 Å². The highest BCUT2D eigenvalue weighted by Gasteiger charge is 2.22. The number of hydrogen-bond acceptors (Lipinski definition) is 4. The molecule has 0 fully saturated rings. The van der Waals surface area contributed by atoms with E-state index in [0.29, 0.717) is 29.7 Å². The Morgan fingerprint density at radius 3 is 2.52 bits per heavy atom. The Morgan fingerprint density at radius 2 is 1.91 bits per heavy atom. The predicted octanol–water partition coefficient (Wildman–Crippen LogP) is 3.76. The molecule has 0 aliphatic heterocycles. The van der Waals surface area contributed by atoms with Gasteiger partial charge in [-0.1, -0.05) is 13.8 Å². The van der Waals surface area contributed by atoms with Gasteiger partial charge < -0.3 is 10.5 Å². The minimum atomic E-state index is -0.681. The highest BCUT2D eigenvalue weighted by Crippen LogP contribution is 2.25. The molecule has 0 radical (unpaired) electrons. The Morgan fingerprint density at radius 1 is 1.22 bits per heavy atom. The van der Waals surface area contributed by atoms with Gasteiger partial charge in [-0.25, -0.2) is 9.37 Å². The molecule has 2 aromatic heterocycles. The van der Waals surface area contributed by atoms with Crippen molar-refractivity contribution in [3.8, 4) is 17.0 Å². The van der Waals surface area contributed by atoms with Crippen LogP contribution in [0.5, 0.6) is 5.75 Å². The molecule has 0 aliphatic carbocycles. The second-order valence-corrected chi connectivity index (χ2v) is 6.55. The van der Waals surface area contributed by atoms with Crippen LogP contribution in [0.1, 0.15) is 32.9 Å². The number of halogens is 1. The van der Waals surface area contributed by atoms with Crippen LogP contribution in [0, 0.1) is 5.92 Å². The molecule has 2 rings (SSSR count). The van der Waals surface area contributed by atoms with E-state index in [4.69, 9.17) is 10.5 Å². The van der Waals surface area contributed by atoms with Crippen LogP contribution < -0.4 is 10.5 Å². The fourth-order valence-corrected chi connectivity index (χ4v) is 2.63. The average Bonchev–Trinajstić information content (AvgIpc) is 2.52. The van der Waals surface area contributed by atoms with Crippen molar-refractivity contribution < 1.29 is 9.13 Å². The second kappa shape index (κ2) is 7.51. The van der Waals surface area contributed by atoms with Crippen LogP contribution in [0.3, 0.4) is 0 Å². The minimum absolute atomic E-state index is 0.291. The minimum Gasteiger partial charge on any atom is -0.490 e. The Hall–Kier alpha value is -2.01. The van der Waals surface area contributed by atoms with Gasteiger partial charge in [0, 0.05) is 23.5 Å². The first-order valence-corrected chi connectivity index (χ1v) is 7.79. The van der Waals surface area contributed by atoms with Crippen LogP contribution >= 0.6 is 0 Å². The van der Waals surface area contributed by atoms with Gasteiger partial charge >= 0.3 is 0 Å². The number of nitrogens with two attached hydrogens (primary N) is 1. The van der Waals surface area contributed by atoms with Crippen molar-refractivity contribution in [2.75, 3.05) is 6.61 Å². The maximum atomic E-state index is 13.3. The van der Waals surface area contributed by atoms with Crippen LogP contribution in [-0.2, 0) is 6.67 Å². The van der Waals surface area contributed by atoms with Crippen LogP contribution in [0.2, 0.25) is 0 Å². The third-order valence-corrected chi connectivity index (χ3v) is 3.47. The van der Waals surface area contributed by atoms with E-state index < -0.39 is 12.2 Å². The van der Waals surface area contributed by atoms with E-state index >= 15 is 0 Å². The fourth-order valence-electron chi connectivity index (χ4n) is 2.63. The fraction of sp³-hybridized carbons (Fsp3) is 0.444. The summed E-state index contributed by atoms with van der Waals surface area (Å²) in [5, 5.41) is 0. The predicted molar refractivity (Wildman–Crippen MR) is 89.8 cm³/mol. The van der Waals surface area contributed by atoms with Gasteiger partial charge in [0.1, 0.15) is 24.7 Å². The molecule has 0 spiro atoms. The first-order chi connectivity index (χ1) is 10.9. The van der Waals surface area contributed by atoms with Crippen molar-refractivity contribution in [2.24, 2.45) is 11.7 Å². The molecular weight excluding hydrogens is 293 g/mol. The van der Waals surface area contributed by atoms with E-state index in [2.05, 4.69) is 23.8 Å². The summed E-state index contributed by atoms with van der Waals surface area (Å²) in [5.41, 5.74) is 7.66. The molecule has 0 saturated heterocycles. The van der Waals surface area contributed by atoms with Crippen molar-refractivity contribution in [2.45, 2.75) is 39.4 Å². The quantitative estimate of drug-likeness (QED) is 0.844. The summed E-state index contributed by atoms with van der Waals surface area (Å²) in [7, 11) is 0. The molecule has 23 heavy (non-hydrogen) atoms. The molecule has 0 saturated carbocycles. The van der Waals surface area contributed by atoms with E-state index in [1.165, 1.54) is 0 Å². The number of hydrogen-bond donors (Lipinski definition) is 1. The van der Waals surface area contributed by atoms with Gasteiger partial charge in [-0.2, -0.15) is 0 Å². The Labute approximate surface area is 136 Å². The van der Waals surface area contributed by atoms with Crippen LogP contribution in [-0.4, -0.2) is 22.1 Å². The lowest BCUT2D eigenvalue weighted by atomic mass is 9.93. The van der Waals surface area contributed by atoms with Gasteiger partial charge in [0.15, 0.2) is 0 Å². The monoisotopic (exact) mass is 317 g/mol. The van der Waals surface area contributed by atoms with E-state index in [0.717, 1.165) is 12.0 Å². The molecule has 2 N–H and O–H groups in total. The lowest BCUT2D eigenvalue weighted by Crippen LogP contribution is -2.43. The number of ether oxygens (including phenoxy) is 1. The molecule has 2 aromatic rings. The van der Waals surface area contributed by atoms with Gasteiger partial charge in [0.2, 0.25) is 0 Å². The number of pyridine rings is 2. The molecule has 0 aromatic carbocycles. The summed E-state index contributed by atoms with van der Waals surface area (Å²) in [4.78, 5) is 8.33.